The molecule has 3 aromatic carbocycles. The molecule has 0 aliphatic carbocycles. The minimum absolute atomic E-state index is 0.0392. The molecular formula is C24H14BrCl2N3O6. The van der Waals surface area contributed by atoms with Crippen LogP contribution in [0.1, 0.15) is 11.1 Å². The summed E-state index contributed by atoms with van der Waals surface area (Å²) in [5, 5.41) is 13.4. The number of carbonyl (C=O) groups excluding carboxylic acids is 3. The van der Waals surface area contributed by atoms with Crippen LogP contribution in [0.2, 0.25) is 10.0 Å². The number of anilines is 1. The number of non-ortho nitro benzene ring substituents is 1. The van der Waals surface area contributed by atoms with Crippen LogP contribution in [0, 0.1) is 10.1 Å². The van der Waals surface area contributed by atoms with E-state index in [1.165, 1.54) is 30.3 Å². The van der Waals surface area contributed by atoms with Gasteiger partial charge in [0.15, 0.2) is 0 Å². The molecule has 1 saturated heterocycles. The molecule has 12 heteroatoms. The molecule has 1 aliphatic rings. The zero-order valence-corrected chi connectivity index (χ0v) is 21.1. The number of halogens is 3. The van der Waals surface area contributed by atoms with Gasteiger partial charge in [0, 0.05) is 27.2 Å². The number of hydrogen-bond acceptors (Lipinski definition) is 6. The highest BCUT2D eigenvalue weighted by atomic mass is 79.9. The fourth-order valence-electron chi connectivity index (χ4n) is 3.35. The van der Waals surface area contributed by atoms with Crippen molar-refractivity contribution in [1.29, 1.82) is 0 Å². The second-order valence-corrected chi connectivity index (χ2v) is 9.21. The summed E-state index contributed by atoms with van der Waals surface area (Å²) in [5.74, 6) is -1.69. The number of nitrogens with one attached hydrogen (secondary N) is 1. The van der Waals surface area contributed by atoms with Crippen LogP contribution in [0.25, 0.3) is 6.08 Å². The summed E-state index contributed by atoms with van der Waals surface area (Å²) in [4.78, 5) is 49.2. The van der Waals surface area contributed by atoms with E-state index in [1.807, 2.05) is 24.3 Å². The second kappa shape index (κ2) is 10.5. The average molecular weight is 591 g/mol. The van der Waals surface area contributed by atoms with Gasteiger partial charge in [0.25, 0.3) is 17.5 Å². The molecule has 3 aromatic rings. The molecule has 0 aromatic heterocycles. The zero-order chi connectivity index (χ0) is 26.0. The quantitative estimate of drug-likeness (QED) is 0.165. The number of imide groups is 2. The van der Waals surface area contributed by atoms with Crippen LogP contribution in [-0.4, -0.2) is 22.8 Å². The standard InChI is InChI=1S/C24H14BrCl2N3O6/c25-15-3-1-13(2-4-15)12-36-21-14(9-16(26)11-20(21)27)10-19-22(31)28-24(33)29(23(19)32)17-5-7-18(8-6-17)30(34)35/h1-11H,12H2,(H,28,31,33)/b19-10+. The molecule has 4 rings (SSSR count). The highest BCUT2D eigenvalue weighted by Gasteiger charge is 2.37. The molecule has 4 amide bonds. The molecule has 1 aliphatic heterocycles. The molecule has 0 spiro atoms. The van der Waals surface area contributed by atoms with Crippen LogP contribution in [-0.2, 0) is 16.2 Å². The minimum Gasteiger partial charge on any atom is -0.487 e. The Morgan fingerprint density at radius 3 is 2.33 bits per heavy atom. The van der Waals surface area contributed by atoms with Gasteiger partial charge in [0.1, 0.15) is 17.9 Å². The Morgan fingerprint density at radius 1 is 1.03 bits per heavy atom. The number of nitro benzene ring substituents is 1. The molecule has 0 bridgehead atoms. The number of nitrogens with zero attached hydrogens (tertiary/aromatic N) is 2. The summed E-state index contributed by atoms with van der Waals surface area (Å²) in [5.41, 5.74) is 0.499. The predicted molar refractivity (Wildman–Crippen MR) is 137 cm³/mol. The van der Waals surface area contributed by atoms with Crippen molar-refractivity contribution < 1.29 is 24.0 Å². The van der Waals surface area contributed by atoms with Crippen molar-refractivity contribution in [3.8, 4) is 5.75 Å². The topological polar surface area (TPSA) is 119 Å². The van der Waals surface area contributed by atoms with E-state index in [1.54, 1.807) is 0 Å². The van der Waals surface area contributed by atoms with Crippen molar-refractivity contribution >= 4 is 74.4 Å². The van der Waals surface area contributed by atoms with Gasteiger partial charge in [-0.2, -0.15) is 0 Å². The number of nitro groups is 1. The summed E-state index contributed by atoms with van der Waals surface area (Å²) in [7, 11) is 0. The zero-order valence-electron chi connectivity index (χ0n) is 18.0. The van der Waals surface area contributed by atoms with Gasteiger partial charge in [-0.25, -0.2) is 9.69 Å². The van der Waals surface area contributed by atoms with Gasteiger partial charge >= 0.3 is 6.03 Å². The number of rotatable bonds is 6. The van der Waals surface area contributed by atoms with Gasteiger partial charge < -0.3 is 4.74 Å². The molecular weight excluding hydrogens is 577 g/mol. The Morgan fingerprint density at radius 2 is 1.69 bits per heavy atom. The molecule has 0 unspecified atom stereocenters. The van der Waals surface area contributed by atoms with Gasteiger partial charge in [-0.1, -0.05) is 51.3 Å². The van der Waals surface area contributed by atoms with Crippen LogP contribution in [0.3, 0.4) is 0 Å². The van der Waals surface area contributed by atoms with Gasteiger partial charge in [-0.15, -0.1) is 0 Å². The lowest BCUT2D eigenvalue weighted by atomic mass is 10.1. The molecule has 36 heavy (non-hydrogen) atoms. The first-order chi connectivity index (χ1) is 17.1. The largest absolute Gasteiger partial charge is 0.487 e. The van der Waals surface area contributed by atoms with E-state index < -0.39 is 22.8 Å². The van der Waals surface area contributed by atoms with Crippen molar-refractivity contribution in [1.82, 2.24) is 5.32 Å². The highest BCUT2D eigenvalue weighted by molar-refractivity contribution is 9.10. The maximum Gasteiger partial charge on any atom is 0.335 e. The first-order valence-corrected chi connectivity index (χ1v) is 11.7. The number of barbiturate groups is 1. The smallest absolute Gasteiger partial charge is 0.335 e. The van der Waals surface area contributed by atoms with Crippen LogP contribution in [0.15, 0.2) is 70.7 Å². The van der Waals surface area contributed by atoms with Crippen molar-refractivity contribution in [2.45, 2.75) is 6.61 Å². The SMILES string of the molecule is O=C1NC(=O)N(c2ccc([N+](=O)[O-])cc2)C(=O)/C1=C/c1cc(Cl)cc(Cl)c1OCc1ccc(Br)cc1. The van der Waals surface area contributed by atoms with Crippen molar-refractivity contribution in [3.63, 3.8) is 0 Å². The number of carbonyl (C=O) groups is 3. The number of amides is 4. The lowest BCUT2D eigenvalue weighted by Crippen LogP contribution is -2.54. The normalized spacial score (nSPS) is 14.7. The van der Waals surface area contributed by atoms with E-state index in [2.05, 4.69) is 21.2 Å². The number of benzene rings is 3. The molecule has 1 heterocycles. The Bertz CT molecular complexity index is 1430. The second-order valence-electron chi connectivity index (χ2n) is 7.45. The van der Waals surface area contributed by atoms with E-state index >= 15 is 0 Å². The van der Waals surface area contributed by atoms with Crippen LogP contribution < -0.4 is 15.0 Å². The fraction of sp³-hybridized carbons (Fsp3) is 0.0417. The van der Waals surface area contributed by atoms with E-state index in [0.717, 1.165) is 22.2 Å². The monoisotopic (exact) mass is 589 g/mol. The summed E-state index contributed by atoms with van der Waals surface area (Å²) in [6.07, 6.45) is 1.22. The maximum absolute atomic E-state index is 13.2. The number of hydrogen-bond donors (Lipinski definition) is 1. The average Bonchev–Trinajstić information content (AvgIpc) is 2.82. The fourth-order valence-corrected chi connectivity index (χ4v) is 4.17. The molecule has 1 fully saturated rings. The molecule has 9 nitrogen and oxygen atoms in total. The number of ether oxygens (including phenoxy) is 1. The van der Waals surface area contributed by atoms with Gasteiger partial charge in [-0.05, 0) is 48.0 Å². The first kappa shape index (κ1) is 25.4. The van der Waals surface area contributed by atoms with E-state index in [0.29, 0.717) is 4.90 Å². The maximum atomic E-state index is 13.2. The molecule has 1 N–H and O–H groups in total. The highest BCUT2D eigenvalue weighted by Crippen LogP contribution is 2.35. The van der Waals surface area contributed by atoms with Crippen LogP contribution >= 0.6 is 39.1 Å². The molecule has 0 saturated carbocycles. The van der Waals surface area contributed by atoms with E-state index in [9.17, 15) is 24.5 Å². The van der Waals surface area contributed by atoms with Gasteiger partial charge in [0.2, 0.25) is 0 Å². The Labute approximate surface area is 222 Å². The Hall–Kier alpha value is -3.73. The van der Waals surface area contributed by atoms with Gasteiger partial charge in [-0.3, -0.25) is 25.0 Å². The lowest BCUT2D eigenvalue weighted by molar-refractivity contribution is -0.384. The summed E-state index contributed by atoms with van der Waals surface area (Å²) >= 11 is 15.9. The van der Waals surface area contributed by atoms with Crippen molar-refractivity contribution in [2.24, 2.45) is 0 Å². The lowest BCUT2D eigenvalue weighted by Gasteiger charge is -2.26. The number of urea groups is 1. The summed E-state index contributed by atoms with van der Waals surface area (Å²) in [6, 6.07) is 14.0. The van der Waals surface area contributed by atoms with Crippen LogP contribution in [0.5, 0.6) is 5.75 Å². The Kier molecular flexibility index (Phi) is 7.39. The third-order valence-electron chi connectivity index (χ3n) is 5.05. The molecule has 0 radical (unpaired) electrons. The van der Waals surface area contributed by atoms with Crippen molar-refractivity contribution in [2.75, 3.05) is 4.90 Å². The first-order valence-electron chi connectivity index (χ1n) is 10.2. The Balaban J connectivity index is 1.69. The third-order valence-corrected chi connectivity index (χ3v) is 6.08. The van der Waals surface area contributed by atoms with Gasteiger partial charge in [0.05, 0.1) is 15.6 Å². The van der Waals surface area contributed by atoms with E-state index in [-0.39, 0.29) is 44.9 Å². The summed E-state index contributed by atoms with van der Waals surface area (Å²) < 4.78 is 6.79. The van der Waals surface area contributed by atoms with Crippen LogP contribution in [0.4, 0.5) is 16.2 Å². The predicted octanol–water partition coefficient (Wildman–Crippen LogP) is 5.91. The minimum atomic E-state index is -0.994. The molecule has 182 valence electrons. The van der Waals surface area contributed by atoms with E-state index in [4.69, 9.17) is 27.9 Å². The third kappa shape index (κ3) is 5.40. The molecule has 0 atom stereocenters. The summed E-state index contributed by atoms with van der Waals surface area (Å²) in [6.45, 7) is 0.137. The van der Waals surface area contributed by atoms with Crippen molar-refractivity contribution in [3.05, 3.63) is 102 Å².